The standard InChI is InChI=1S/C22H21N3O2S2/c1-3-17(21(26)25-15-10-6-7-11-16(15)27-4-2)29-22-20-19(23-13-24-22)14-9-5-8-12-18(14)28-20/h5-13,17H,3-4H2,1-2H3,(H,25,26)/t17-/m0/s1. The summed E-state index contributed by atoms with van der Waals surface area (Å²) in [6, 6.07) is 15.7. The number of nitrogens with zero attached hydrogens (tertiary/aromatic N) is 2. The highest BCUT2D eigenvalue weighted by Crippen LogP contribution is 2.39. The minimum absolute atomic E-state index is 0.0578. The van der Waals surface area contributed by atoms with E-state index in [1.165, 1.54) is 16.5 Å². The maximum absolute atomic E-state index is 13.0. The monoisotopic (exact) mass is 423 g/mol. The van der Waals surface area contributed by atoms with Gasteiger partial charge in [-0.2, -0.15) is 0 Å². The highest BCUT2D eigenvalue weighted by Gasteiger charge is 2.22. The van der Waals surface area contributed by atoms with Crippen molar-refractivity contribution in [2.75, 3.05) is 11.9 Å². The second-order valence-corrected chi connectivity index (χ2v) is 8.63. The molecule has 0 fully saturated rings. The predicted molar refractivity (Wildman–Crippen MR) is 121 cm³/mol. The highest BCUT2D eigenvalue weighted by molar-refractivity contribution is 8.00. The van der Waals surface area contributed by atoms with Crippen molar-refractivity contribution in [1.29, 1.82) is 0 Å². The van der Waals surface area contributed by atoms with E-state index in [9.17, 15) is 4.79 Å². The number of carbonyl (C=O) groups excluding carboxylic acids is 1. The number of anilines is 1. The van der Waals surface area contributed by atoms with Crippen molar-refractivity contribution in [1.82, 2.24) is 9.97 Å². The summed E-state index contributed by atoms with van der Waals surface area (Å²) >= 11 is 3.15. The Morgan fingerprint density at radius 2 is 1.93 bits per heavy atom. The van der Waals surface area contributed by atoms with Crippen LogP contribution in [0.3, 0.4) is 0 Å². The number of fused-ring (bicyclic) bond motifs is 3. The molecule has 4 rings (SSSR count). The molecule has 5 nitrogen and oxygen atoms in total. The molecule has 2 aromatic heterocycles. The molecule has 7 heteroatoms. The molecule has 1 atom stereocenters. The fourth-order valence-corrected chi connectivity index (χ4v) is 5.33. The Balaban J connectivity index is 1.60. The number of hydrogen-bond acceptors (Lipinski definition) is 6. The van der Waals surface area contributed by atoms with E-state index in [1.54, 1.807) is 17.7 Å². The Morgan fingerprint density at radius 3 is 2.76 bits per heavy atom. The number of hydrogen-bond donors (Lipinski definition) is 1. The lowest BCUT2D eigenvalue weighted by Gasteiger charge is -2.16. The lowest BCUT2D eigenvalue weighted by molar-refractivity contribution is -0.115. The Bertz CT molecular complexity index is 1160. The first-order chi connectivity index (χ1) is 14.2. The van der Waals surface area contributed by atoms with Gasteiger partial charge in [-0.1, -0.05) is 49.0 Å². The van der Waals surface area contributed by atoms with Gasteiger partial charge in [0.2, 0.25) is 5.91 Å². The van der Waals surface area contributed by atoms with Crippen molar-refractivity contribution < 1.29 is 9.53 Å². The van der Waals surface area contributed by atoms with Crippen molar-refractivity contribution >= 4 is 55.0 Å². The Labute approximate surface area is 177 Å². The lowest BCUT2D eigenvalue weighted by atomic mass is 10.2. The average Bonchev–Trinajstić information content (AvgIpc) is 3.13. The number of ether oxygens (including phenoxy) is 1. The van der Waals surface area contributed by atoms with Gasteiger partial charge < -0.3 is 10.1 Å². The van der Waals surface area contributed by atoms with E-state index >= 15 is 0 Å². The summed E-state index contributed by atoms with van der Waals surface area (Å²) in [6.07, 6.45) is 2.27. The number of para-hydroxylation sites is 2. The summed E-state index contributed by atoms with van der Waals surface area (Å²) in [4.78, 5) is 21.9. The zero-order valence-electron chi connectivity index (χ0n) is 16.2. The van der Waals surface area contributed by atoms with Gasteiger partial charge in [-0.05, 0) is 31.5 Å². The minimum atomic E-state index is -0.270. The zero-order valence-corrected chi connectivity index (χ0v) is 17.8. The Hall–Kier alpha value is -2.64. The molecule has 0 spiro atoms. The van der Waals surface area contributed by atoms with E-state index < -0.39 is 0 Å². The van der Waals surface area contributed by atoms with Gasteiger partial charge in [-0.25, -0.2) is 9.97 Å². The van der Waals surface area contributed by atoms with Crippen molar-refractivity contribution in [3.63, 3.8) is 0 Å². The van der Waals surface area contributed by atoms with Gasteiger partial charge in [-0.15, -0.1) is 11.3 Å². The number of carbonyl (C=O) groups is 1. The van der Waals surface area contributed by atoms with Crippen LogP contribution in [0.15, 0.2) is 59.9 Å². The number of benzene rings is 2. The van der Waals surface area contributed by atoms with Gasteiger partial charge in [0.25, 0.3) is 0 Å². The third-order valence-corrected chi connectivity index (χ3v) is 7.15. The first-order valence-corrected chi connectivity index (χ1v) is 11.2. The zero-order chi connectivity index (χ0) is 20.2. The van der Waals surface area contributed by atoms with E-state index in [0.29, 0.717) is 24.5 Å². The molecule has 1 N–H and O–H groups in total. The van der Waals surface area contributed by atoms with Gasteiger partial charge in [-0.3, -0.25) is 4.79 Å². The molecule has 0 aliphatic rings. The number of nitrogens with one attached hydrogen (secondary N) is 1. The third kappa shape index (κ3) is 4.06. The number of aromatic nitrogens is 2. The molecule has 0 aliphatic carbocycles. The highest BCUT2D eigenvalue weighted by atomic mass is 32.2. The maximum atomic E-state index is 13.0. The molecule has 0 radical (unpaired) electrons. The number of thiophene rings is 1. The summed E-state index contributed by atoms with van der Waals surface area (Å²) < 4.78 is 7.82. The van der Waals surface area contributed by atoms with Crippen LogP contribution in [0.25, 0.3) is 20.3 Å². The summed E-state index contributed by atoms with van der Waals surface area (Å²) in [5.41, 5.74) is 1.63. The Kier molecular flexibility index (Phi) is 5.97. The molecule has 0 saturated heterocycles. The second-order valence-electron chi connectivity index (χ2n) is 6.39. The van der Waals surface area contributed by atoms with Gasteiger partial charge in [0.1, 0.15) is 17.1 Å². The van der Waals surface area contributed by atoms with Crippen molar-refractivity contribution in [2.24, 2.45) is 0 Å². The van der Waals surface area contributed by atoms with E-state index in [1.807, 2.05) is 50.2 Å². The molecule has 1 amide bonds. The average molecular weight is 424 g/mol. The largest absolute Gasteiger partial charge is 0.492 e. The van der Waals surface area contributed by atoms with Crippen LogP contribution in [0.5, 0.6) is 5.75 Å². The molecule has 2 aromatic carbocycles. The molecule has 0 bridgehead atoms. The van der Waals surface area contributed by atoms with E-state index in [-0.39, 0.29) is 11.2 Å². The fraction of sp³-hybridized carbons (Fsp3) is 0.227. The smallest absolute Gasteiger partial charge is 0.238 e. The van der Waals surface area contributed by atoms with Crippen LogP contribution < -0.4 is 10.1 Å². The lowest BCUT2D eigenvalue weighted by Crippen LogP contribution is -2.25. The van der Waals surface area contributed by atoms with Gasteiger partial charge >= 0.3 is 0 Å². The maximum Gasteiger partial charge on any atom is 0.238 e. The van der Waals surface area contributed by atoms with Crippen molar-refractivity contribution in [2.45, 2.75) is 30.5 Å². The normalized spacial score (nSPS) is 12.2. The van der Waals surface area contributed by atoms with E-state index in [2.05, 4.69) is 27.4 Å². The quantitative estimate of drug-likeness (QED) is 0.303. The molecule has 0 aliphatic heterocycles. The summed E-state index contributed by atoms with van der Waals surface area (Å²) in [7, 11) is 0. The van der Waals surface area contributed by atoms with E-state index in [0.717, 1.165) is 20.6 Å². The van der Waals surface area contributed by atoms with Crippen LogP contribution in [-0.4, -0.2) is 27.7 Å². The minimum Gasteiger partial charge on any atom is -0.492 e. The molecule has 2 heterocycles. The predicted octanol–water partition coefficient (Wildman–Crippen LogP) is 5.75. The number of rotatable bonds is 7. The van der Waals surface area contributed by atoms with Crippen LogP contribution in [0.2, 0.25) is 0 Å². The molecule has 0 unspecified atom stereocenters. The van der Waals surface area contributed by atoms with Crippen LogP contribution in [0, 0.1) is 0 Å². The van der Waals surface area contributed by atoms with Crippen molar-refractivity contribution in [3.8, 4) is 5.75 Å². The Morgan fingerprint density at radius 1 is 1.14 bits per heavy atom. The van der Waals surface area contributed by atoms with Crippen LogP contribution in [-0.2, 0) is 4.79 Å². The first-order valence-electron chi connectivity index (χ1n) is 9.52. The molecule has 29 heavy (non-hydrogen) atoms. The molecule has 148 valence electrons. The molecule has 0 saturated carbocycles. The topological polar surface area (TPSA) is 64.1 Å². The molecule has 4 aromatic rings. The van der Waals surface area contributed by atoms with Gasteiger partial charge in [0.05, 0.1) is 27.8 Å². The SMILES string of the molecule is CCOc1ccccc1NC(=O)[C@H](CC)Sc1ncnc2c1sc1ccccc12. The van der Waals surface area contributed by atoms with Crippen LogP contribution in [0.4, 0.5) is 5.69 Å². The van der Waals surface area contributed by atoms with Gasteiger partial charge in [0.15, 0.2) is 0 Å². The third-order valence-electron chi connectivity index (χ3n) is 4.49. The van der Waals surface area contributed by atoms with Gasteiger partial charge in [0, 0.05) is 10.1 Å². The second kappa shape index (κ2) is 8.80. The molecular weight excluding hydrogens is 402 g/mol. The molecular formula is C22H21N3O2S2. The van der Waals surface area contributed by atoms with Crippen LogP contribution in [0.1, 0.15) is 20.3 Å². The number of amides is 1. The fourth-order valence-electron chi connectivity index (χ4n) is 3.11. The van der Waals surface area contributed by atoms with E-state index in [4.69, 9.17) is 4.74 Å². The van der Waals surface area contributed by atoms with Crippen LogP contribution >= 0.6 is 23.1 Å². The van der Waals surface area contributed by atoms with Crippen molar-refractivity contribution in [3.05, 3.63) is 54.9 Å². The summed E-state index contributed by atoms with van der Waals surface area (Å²) in [6.45, 7) is 4.48. The first kappa shape index (κ1) is 19.7. The summed E-state index contributed by atoms with van der Waals surface area (Å²) in [5, 5.41) is 4.71. The summed E-state index contributed by atoms with van der Waals surface area (Å²) in [5.74, 6) is 0.620. The number of thioether (sulfide) groups is 1.